The molecule has 0 saturated heterocycles. The van der Waals surface area contributed by atoms with Crippen LogP contribution in [0.1, 0.15) is 0 Å². The van der Waals surface area contributed by atoms with Crippen LogP contribution in [0.3, 0.4) is 0 Å². The van der Waals surface area contributed by atoms with E-state index in [2.05, 4.69) is 20.8 Å². The molecule has 0 saturated carbocycles. The lowest BCUT2D eigenvalue weighted by atomic mass is 10.1. The summed E-state index contributed by atoms with van der Waals surface area (Å²) in [5, 5.41) is 3.92. The van der Waals surface area contributed by atoms with Crippen LogP contribution in [-0.2, 0) is 0 Å². The minimum atomic E-state index is -0.407. The number of H-pyrrole nitrogens is 1. The molecule has 0 amide bonds. The minimum Gasteiger partial charge on any atom is -0.471 e. The Balaban J connectivity index is 0.000000202. The van der Waals surface area contributed by atoms with Gasteiger partial charge in [-0.2, -0.15) is 0 Å². The zero-order chi connectivity index (χ0) is 15.4. The maximum atomic E-state index is 9.85. The molecule has 1 aromatic heterocycles. The number of fused-ring (bicyclic) bond motifs is 1. The first-order valence-electron chi connectivity index (χ1n) is 6.61. The fourth-order valence-corrected chi connectivity index (χ4v) is 2.26. The van der Waals surface area contributed by atoms with Crippen LogP contribution in [0.5, 0.6) is 5.75 Å². The molecule has 1 aliphatic heterocycles. The summed E-state index contributed by atoms with van der Waals surface area (Å²) >= 11 is 5.97. The number of benzene rings is 2. The lowest BCUT2D eigenvalue weighted by Gasteiger charge is -2.04. The second-order valence-corrected chi connectivity index (χ2v) is 4.98. The zero-order valence-corrected chi connectivity index (χ0v) is 12.3. The van der Waals surface area contributed by atoms with E-state index < -0.39 is 5.76 Å². The number of anilines is 1. The highest BCUT2D eigenvalue weighted by molar-refractivity contribution is 6.30. The maximum Gasteiger partial charge on any atom is 0.416 e. The number of hydrogen-bond donors (Lipinski definition) is 2. The van der Waals surface area contributed by atoms with Gasteiger partial charge in [0.2, 0.25) is 0 Å². The van der Waals surface area contributed by atoms with E-state index in [1.165, 1.54) is 12.5 Å². The molecule has 0 atom stereocenters. The molecule has 0 fully saturated rings. The number of ether oxygens (including phenoxy) is 1. The number of halogens is 1. The van der Waals surface area contributed by atoms with Crippen LogP contribution in [0.2, 0.25) is 5.02 Å². The van der Waals surface area contributed by atoms with Gasteiger partial charge in [-0.25, -0.2) is 4.79 Å². The van der Waals surface area contributed by atoms with E-state index in [1.54, 1.807) is 0 Å². The van der Waals surface area contributed by atoms with Gasteiger partial charge in [0.25, 0.3) is 0 Å². The standard InChI is InChI=1S/C13H10ClNO.C3H3NO2/c14-11-3-1-2-9(6-11)10-4-5-13-12(7-10)15-8-16-13;5-3-4-1-2-6-3/h1-7,15H,8H2;1-2H,(H,4,5). The summed E-state index contributed by atoms with van der Waals surface area (Å²) in [4.78, 5) is 12.1. The van der Waals surface area contributed by atoms with Crippen molar-refractivity contribution in [3.63, 3.8) is 0 Å². The van der Waals surface area contributed by atoms with Crippen molar-refractivity contribution in [3.05, 3.63) is 70.5 Å². The molecular formula is C16H13ClN2O3. The van der Waals surface area contributed by atoms with Crippen LogP contribution < -0.4 is 15.8 Å². The average Bonchev–Trinajstić information content (AvgIpc) is 3.18. The summed E-state index contributed by atoms with van der Waals surface area (Å²) in [5.74, 6) is 0.501. The SMILES string of the molecule is Clc1cccc(-c2ccc3c(c2)NCO3)c1.O=c1[nH]cco1. The molecule has 6 heteroatoms. The molecule has 0 radical (unpaired) electrons. The summed E-state index contributed by atoms with van der Waals surface area (Å²) in [6.45, 7) is 0.550. The van der Waals surface area contributed by atoms with Gasteiger partial charge in [0.15, 0.2) is 6.73 Å². The number of aromatic nitrogens is 1. The van der Waals surface area contributed by atoms with E-state index in [-0.39, 0.29) is 0 Å². The van der Waals surface area contributed by atoms with E-state index in [0.29, 0.717) is 6.73 Å². The molecular weight excluding hydrogens is 304 g/mol. The van der Waals surface area contributed by atoms with Gasteiger partial charge in [0.05, 0.1) is 5.69 Å². The predicted octanol–water partition coefficient (Wildman–Crippen LogP) is 3.74. The molecule has 4 rings (SSSR count). The van der Waals surface area contributed by atoms with E-state index in [0.717, 1.165) is 27.6 Å². The van der Waals surface area contributed by atoms with E-state index >= 15 is 0 Å². The quantitative estimate of drug-likeness (QED) is 0.717. The van der Waals surface area contributed by atoms with Crippen molar-refractivity contribution in [1.29, 1.82) is 0 Å². The molecule has 2 heterocycles. The van der Waals surface area contributed by atoms with Gasteiger partial charge in [-0.3, -0.25) is 4.98 Å². The van der Waals surface area contributed by atoms with Crippen molar-refractivity contribution in [2.45, 2.75) is 0 Å². The fourth-order valence-electron chi connectivity index (χ4n) is 2.07. The Bertz CT molecular complexity index is 809. The van der Waals surface area contributed by atoms with E-state index in [4.69, 9.17) is 16.3 Å². The van der Waals surface area contributed by atoms with Gasteiger partial charge in [-0.1, -0.05) is 29.8 Å². The monoisotopic (exact) mass is 316 g/mol. The molecule has 0 unspecified atom stereocenters. The van der Waals surface area contributed by atoms with Gasteiger partial charge in [0.1, 0.15) is 12.0 Å². The third-order valence-corrected chi connectivity index (χ3v) is 3.31. The third kappa shape index (κ3) is 3.32. The second kappa shape index (κ2) is 6.41. The van der Waals surface area contributed by atoms with Gasteiger partial charge in [0, 0.05) is 11.2 Å². The number of oxazole rings is 1. The molecule has 5 nitrogen and oxygen atoms in total. The van der Waals surface area contributed by atoms with Crippen molar-refractivity contribution in [2.75, 3.05) is 12.0 Å². The Morgan fingerprint density at radius 1 is 1.09 bits per heavy atom. The highest BCUT2D eigenvalue weighted by atomic mass is 35.5. The second-order valence-electron chi connectivity index (χ2n) is 4.54. The normalized spacial score (nSPS) is 11.7. The summed E-state index contributed by atoms with van der Waals surface area (Å²) in [6, 6.07) is 13.9. The van der Waals surface area contributed by atoms with Gasteiger partial charge < -0.3 is 14.5 Å². The Morgan fingerprint density at radius 2 is 1.95 bits per heavy atom. The zero-order valence-electron chi connectivity index (χ0n) is 11.5. The maximum absolute atomic E-state index is 9.85. The first kappa shape index (κ1) is 14.3. The van der Waals surface area contributed by atoms with Gasteiger partial charge in [-0.15, -0.1) is 0 Å². The van der Waals surface area contributed by atoms with Crippen LogP contribution in [0.15, 0.2) is 64.1 Å². The molecule has 0 bridgehead atoms. The smallest absolute Gasteiger partial charge is 0.416 e. The summed E-state index contributed by atoms with van der Waals surface area (Å²) in [7, 11) is 0. The van der Waals surface area contributed by atoms with Crippen LogP contribution in [0.25, 0.3) is 11.1 Å². The van der Waals surface area contributed by atoms with Crippen LogP contribution in [0, 0.1) is 0 Å². The first-order valence-corrected chi connectivity index (χ1v) is 6.99. The Kier molecular flexibility index (Phi) is 4.16. The first-order chi connectivity index (χ1) is 10.7. The van der Waals surface area contributed by atoms with Crippen molar-refractivity contribution in [2.24, 2.45) is 0 Å². The topological polar surface area (TPSA) is 67.3 Å². The fraction of sp³-hybridized carbons (Fsp3) is 0.0625. The molecule has 2 N–H and O–H groups in total. The van der Waals surface area contributed by atoms with Crippen molar-refractivity contribution < 1.29 is 9.15 Å². The van der Waals surface area contributed by atoms with Crippen molar-refractivity contribution >= 4 is 17.3 Å². The Morgan fingerprint density at radius 3 is 2.64 bits per heavy atom. The van der Waals surface area contributed by atoms with E-state index in [1.807, 2.05) is 36.4 Å². The number of nitrogens with one attached hydrogen (secondary N) is 2. The van der Waals surface area contributed by atoms with Gasteiger partial charge in [-0.05, 0) is 35.4 Å². The third-order valence-electron chi connectivity index (χ3n) is 3.07. The molecule has 3 aromatic rings. The van der Waals surface area contributed by atoms with Crippen LogP contribution in [-0.4, -0.2) is 11.7 Å². The van der Waals surface area contributed by atoms with Crippen molar-refractivity contribution in [3.8, 4) is 16.9 Å². The van der Waals surface area contributed by atoms with Crippen LogP contribution in [0.4, 0.5) is 5.69 Å². The Hall–Kier alpha value is -2.66. The highest BCUT2D eigenvalue weighted by Gasteiger charge is 2.11. The van der Waals surface area contributed by atoms with Crippen LogP contribution >= 0.6 is 11.6 Å². The summed E-state index contributed by atoms with van der Waals surface area (Å²) in [6.07, 6.45) is 2.73. The summed E-state index contributed by atoms with van der Waals surface area (Å²) in [5.41, 5.74) is 3.29. The number of hydrogen-bond acceptors (Lipinski definition) is 4. The Labute approximate surface area is 131 Å². The molecule has 0 aliphatic carbocycles. The minimum absolute atomic E-state index is 0.407. The molecule has 112 valence electrons. The highest BCUT2D eigenvalue weighted by Crippen LogP contribution is 2.34. The van der Waals surface area contributed by atoms with Crippen molar-refractivity contribution in [1.82, 2.24) is 4.98 Å². The van der Waals surface area contributed by atoms with E-state index in [9.17, 15) is 4.79 Å². The molecule has 1 aliphatic rings. The lowest BCUT2D eigenvalue weighted by Crippen LogP contribution is -1.96. The largest absolute Gasteiger partial charge is 0.471 e. The molecule has 2 aromatic carbocycles. The number of rotatable bonds is 1. The number of aromatic amines is 1. The summed E-state index contributed by atoms with van der Waals surface area (Å²) < 4.78 is 9.60. The molecule has 22 heavy (non-hydrogen) atoms. The average molecular weight is 317 g/mol. The van der Waals surface area contributed by atoms with Gasteiger partial charge >= 0.3 is 5.76 Å². The lowest BCUT2D eigenvalue weighted by molar-refractivity contribution is 0.372. The molecule has 0 spiro atoms. The predicted molar refractivity (Wildman–Crippen MR) is 85.3 cm³/mol.